The van der Waals surface area contributed by atoms with Gasteiger partial charge in [0.05, 0.1) is 11.0 Å². The maximum absolute atomic E-state index is 13.0. The summed E-state index contributed by atoms with van der Waals surface area (Å²) in [6, 6.07) is 19.7. The fourth-order valence-electron chi connectivity index (χ4n) is 3.59. The normalized spacial score (nSPS) is 14.9. The minimum atomic E-state index is -0.620. The van der Waals surface area contributed by atoms with Crippen LogP contribution in [0, 0.1) is 6.92 Å². The molecular weight excluding hydrogens is 450 g/mol. The number of hydrogen-bond donors (Lipinski definition) is 0. The molecule has 34 heavy (non-hydrogen) atoms. The molecular formula is C27H25NO5S. The van der Waals surface area contributed by atoms with E-state index in [1.807, 2.05) is 67.6 Å². The number of esters is 1. The lowest BCUT2D eigenvalue weighted by atomic mass is 10.0. The van der Waals surface area contributed by atoms with Crippen LogP contribution in [0.2, 0.25) is 0 Å². The van der Waals surface area contributed by atoms with Gasteiger partial charge in [0, 0.05) is 5.56 Å². The van der Waals surface area contributed by atoms with Gasteiger partial charge in [0.2, 0.25) is 0 Å². The molecule has 0 unspecified atom stereocenters. The molecule has 0 spiro atoms. The molecule has 3 aromatic carbocycles. The largest absolute Gasteiger partial charge is 0.488 e. The van der Waals surface area contributed by atoms with E-state index in [1.54, 1.807) is 19.9 Å². The number of aryl methyl sites for hydroxylation is 1. The van der Waals surface area contributed by atoms with E-state index in [2.05, 4.69) is 0 Å². The van der Waals surface area contributed by atoms with Gasteiger partial charge >= 0.3 is 5.97 Å². The average molecular weight is 476 g/mol. The van der Waals surface area contributed by atoms with Crippen LogP contribution in [0.1, 0.15) is 30.5 Å². The highest BCUT2D eigenvalue weighted by atomic mass is 32.2. The van der Waals surface area contributed by atoms with Crippen molar-refractivity contribution in [3.05, 3.63) is 82.3 Å². The molecule has 7 heteroatoms. The minimum Gasteiger partial charge on any atom is -0.488 e. The van der Waals surface area contributed by atoms with E-state index < -0.39 is 23.7 Å². The molecule has 0 aliphatic carbocycles. The molecule has 1 heterocycles. The summed E-state index contributed by atoms with van der Waals surface area (Å²) in [7, 11) is 0. The number of fused-ring (bicyclic) bond motifs is 1. The highest BCUT2D eigenvalue weighted by molar-refractivity contribution is 8.18. The Morgan fingerprint density at radius 2 is 1.76 bits per heavy atom. The van der Waals surface area contributed by atoms with Gasteiger partial charge in [-0.25, -0.2) is 0 Å². The molecule has 1 fully saturated rings. The van der Waals surface area contributed by atoms with Crippen LogP contribution in [0.3, 0.4) is 0 Å². The van der Waals surface area contributed by atoms with E-state index in [0.717, 1.165) is 33.0 Å². The number of hydrogen-bond acceptors (Lipinski definition) is 6. The molecule has 3 aromatic rings. The van der Waals surface area contributed by atoms with E-state index in [9.17, 15) is 14.4 Å². The monoisotopic (exact) mass is 475 g/mol. The molecule has 0 saturated carbocycles. The summed E-state index contributed by atoms with van der Waals surface area (Å²) in [4.78, 5) is 38.6. The third-order valence-electron chi connectivity index (χ3n) is 5.25. The van der Waals surface area contributed by atoms with E-state index in [0.29, 0.717) is 17.9 Å². The molecule has 0 atom stereocenters. The number of carbonyl (C=O) groups is 3. The first-order valence-electron chi connectivity index (χ1n) is 11.0. The lowest BCUT2D eigenvalue weighted by Gasteiger charge is -2.14. The Labute approximate surface area is 202 Å². The predicted molar refractivity (Wildman–Crippen MR) is 133 cm³/mol. The summed E-state index contributed by atoms with van der Waals surface area (Å²) in [6.45, 7) is 5.41. The SMILES string of the molecule is Cc1ccc(COc2ccc3ccccc3c2/C=C2/SC(=O)N(CC(=O)OC(C)C)C2=O)cc1. The Bertz CT molecular complexity index is 1280. The van der Waals surface area contributed by atoms with Crippen LogP contribution in [-0.2, 0) is 20.9 Å². The summed E-state index contributed by atoms with van der Waals surface area (Å²) in [5, 5.41) is 1.38. The van der Waals surface area contributed by atoms with Crippen LogP contribution in [0.5, 0.6) is 5.75 Å². The van der Waals surface area contributed by atoms with Crippen molar-refractivity contribution in [1.82, 2.24) is 4.90 Å². The van der Waals surface area contributed by atoms with Crippen LogP contribution in [-0.4, -0.2) is 34.7 Å². The Morgan fingerprint density at radius 1 is 1.03 bits per heavy atom. The predicted octanol–water partition coefficient (Wildman–Crippen LogP) is 5.72. The number of rotatable bonds is 7. The number of benzene rings is 3. The number of nitrogens with zero attached hydrogens (tertiary/aromatic N) is 1. The van der Waals surface area contributed by atoms with Crippen LogP contribution in [0.25, 0.3) is 16.8 Å². The van der Waals surface area contributed by atoms with Crippen LogP contribution in [0.4, 0.5) is 4.79 Å². The highest BCUT2D eigenvalue weighted by Gasteiger charge is 2.37. The van der Waals surface area contributed by atoms with Crippen LogP contribution >= 0.6 is 11.8 Å². The first kappa shape index (κ1) is 23.6. The van der Waals surface area contributed by atoms with E-state index in [1.165, 1.54) is 5.56 Å². The molecule has 0 radical (unpaired) electrons. The lowest BCUT2D eigenvalue weighted by Crippen LogP contribution is -2.35. The van der Waals surface area contributed by atoms with E-state index in [4.69, 9.17) is 9.47 Å². The molecule has 4 rings (SSSR count). The molecule has 6 nitrogen and oxygen atoms in total. The van der Waals surface area contributed by atoms with Crippen molar-refractivity contribution in [2.45, 2.75) is 33.5 Å². The second-order valence-electron chi connectivity index (χ2n) is 8.28. The van der Waals surface area contributed by atoms with Gasteiger partial charge in [0.15, 0.2) is 0 Å². The zero-order valence-corrected chi connectivity index (χ0v) is 20.1. The zero-order valence-electron chi connectivity index (χ0n) is 19.2. The van der Waals surface area contributed by atoms with Gasteiger partial charge in [-0.2, -0.15) is 0 Å². The fourth-order valence-corrected chi connectivity index (χ4v) is 4.41. The Kier molecular flexibility index (Phi) is 7.03. The smallest absolute Gasteiger partial charge is 0.326 e. The Hall–Kier alpha value is -3.58. The van der Waals surface area contributed by atoms with Crippen molar-refractivity contribution in [3.8, 4) is 5.75 Å². The number of imide groups is 1. The van der Waals surface area contributed by atoms with Gasteiger partial charge in [-0.15, -0.1) is 0 Å². The first-order chi connectivity index (χ1) is 16.3. The molecule has 1 aliphatic rings. The number of thioether (sulfide) groups is 1. The summed E-state index contributed by atoms with van der Waals surface area (Å²) in [5.74, 6) is -0.538. The van der Waals surface area contributed by atoms with Crippen molar-refractivity contribution in [3.63, 3.8) is 0 Å². The third kappa shape index (κ3) is 5.31. The maximum Gasteiger partial charge on any atom is 0.326 e. The second kappa shape index (κ2) is 10.1. The third-order valence-corrected chi connectivity index (χ3v) is 6.16. The van der Waals surface area contributed by atoms with Crippen molar-refractivity contribution in [2.75, 3.05) is 6.54 Å². The summed E-state index contributed by atoms with van der Waals surface area (Å²) >= 11 is 0.806. The summed E-state index contributed by atoms with van der Waals surface area (Å²) in [5.41, 5.74) is 2.90. The standard InChI is InChI=1S/C27H25NO5S/c1-17(2)33-25(29)15-28-26(30)24(34-27(28)31)14-22-21-7-5-4-6-20(21)12-13-23(22)32-16-19-10-8-18(3)9-11-19/h4-14,17H,15-16H2,1-3H3/b24-14+. The van der Waals surface area contributed by atoms with Gasteiger partial charge in [-0.1, -0.05) is 60.2 Å². The number of carbonyl (C=O) groups excluding carboxylic acids is 3. The summed E-state index contributed by atoms with van der Waals surface area (Å²) < 4.78 is 11.2. The maximum atomic E-state index is 13.0. The van der Waals surface area contributed by atoms with Crippen molar-refractivity contribution in [2.24, 2.45) is 0 Å². The topological polar surface area (TPSA) is 72.9 Å². The fraction of sp³-hybridized carbons (Fsp3) is 0.222. The summed E-state index contributed by atoms with van der Waals surface area (Å²) in [6.07, 6.45) is 1.35. The van der Waals surface area contributed by atoms with Crippen molar-refractivity contribution in [1.29, 1.82) is 0 Å². The van der Waals surface area contributed by atoms with E-state index >= 15 is 0 Å². The van der Waals surface area contributed by atoms with Gasteiger partial charge in [-0.05, 0) is 61.0 Å². The molecule has 0 bridgehead atoms. The molecule has 174 valence electrons. The number of ether oxygens (including phenoxy) is 2. The van der Waals surface area contributed by atoms with E-state index in [-0.39, 0.29) is 11.0 Å². The van der Waals surface area contributed by atoms with Gasteiger partial charge in [0.1, 0.15) is 18.9 Å². The van der Waals surface area contributed by atoms with Crippen molar-refractivity contribution < 1.29 is 23.9 Å². The molecule has 1 aliphatic heterocycles. The Morgan fingerprint density at radius 3 is 2.50 bits per heavy atom. The number of amides is 2. The Balaban J connectivity index is 1.65. The molecule has 2 amide bonds. The van der Waals surface area contributed by atoms with Crippen LogP contribution in [0.15, 0.2) is 65.6 Å². The van der Waals surface area contributed by atoms with Gasteiger partial charge in [-0.3, -0.25) is 19.3 Å². The van der Waals surface area contributed by atoms with Crippen molar-refractivity contribution >= 4 is 45.7 Å². The molecule has 1 saturated heterocycles. The lowest BCUT2D eigenvalue weighted by molar-refractivity contribution is -0.149. The van der Waals surface area contributed by atoms with Crippen LogP contribution < -0.4 is 4.74 Å². The second-order valence-corrected chi connectivity index (χ2v) is 9.27. The highest BCUT2D eigenvalue weighted by Crippen LogP contribution is 2.37. The van der Waals surface area contributed by atoms with Gasteiger partial charge < -0.3 is 9.47 Å². The molecule has 0 N–H and O–H groups in total. The average Bonchev–Trinajstić information content (AvgIpc) is 3.06. The first-order valence-corrected chi connectivity index (χ1v) is 11.8. The molecule has 0 aromatic heterocycles. The van der Waals surface area contributed by atoms with Gasteiger partial charge in [0.25, 0.3) is 11.1 Å². The zero-order chi connectivity index (χ0) is 24.2. The quantitative estimate of drug-likeness (QED) is 0.322. The minimum absolute atomic E-state index is 0.235.